The fraction of sp³-hybridized carbons (Fsp3) is 0.0833. The first-order valence-electron chi connectivity index (χ1n) is 4.75. The molecule has 0 atom stereocenters. The summed E-state index contributed by atoms with van der Waals surface area (Å²) >= 11 is 5.63. The third-order valence-corrected chi connectivity index (χ3v) is 2.18. The van der Waals surface area contributed by atoms with Crippen LogP contribution in [0.2, 0.25) is 5.15 Å². The molecule has 0 amide bonds. The molecule has 87 valence electrons. The maximum atomic E-state index is 12.3. The molecule has 0 N–H and O–H groups in total. The molecule has 1 heterocycles. The van der Waals surface area contributed by atoms with E-state index in [2.05, 4.69) is 11.1 Å². The van der Waals surface area contributed by atoms with Crippen molar-refractivity contribution in [2.45, 2.75) is 6.43 Å². The van der Waals surface area contributed by atoms with Crippen LogP contribution in [0.4, 0.5) is 8.78 Å². The maximum Gasteiger partial charge on any atom is 0.263 e. The summed E-state index contributed by atoms with van der Waals surface area (Å²) in [5.74, 6) is 0.711. The largest absolute Gasteiger partial charge is 0.439 e. The van der Waals surface area contributed by atoms with Crippen molar-refractivity contribution < 1.29 is 13.5 Å². The van der Waals surface area contributed by atoms with E-state index in [1.807, 2.05) is 0 Å². The van der Waals surface area contributed by atoms with E-state index < -0.39 is 6.43 Å². The van der Waals surface area contributed by atoms with Crippen LogP contribution in [0.1, 0.15) is 12.0 Å². The van der Waals surface area contributed by atoms with Crippen molar-refractivity contribution in [3.8, 4) is 11.6 Å². The topological polar surface area (TPSA) is 22.1 Å². The van der Waals surface area contributed by atoms with Crippen LogP contribution >= 0.6 is 11.6 Å². The van der Waals surface area contributed by atoms with E-state index in [-0.39, 0.29) is 10.7 Å². The smallest absolute Gasteiger partial charge is 0.263 e. The average molecular weight is 255 g/mol. The molecular formula is C12H7ClF2NO. The summed E-state index contributed by atoms with van der Waals surface area (Å²) in [5.41, 5.74) is -0.0512. The zero-order valence-electron chi connectivity index (χ0n) is 8.53. The van der Waals surface area contributed by atoms with E-state index in [0.717, 1.165) is 0 Å². The van der Waals surface area contributed by atoms with Gasteiger partial charge in [0.2, 0.25) is 5.88 Å². The lowest BCUT2D eigenvalue weighted by Gasteiger charge is -2.05. The highest BCUT2D eigenvalue weighted by Crippen LogP contribution is 2.24. The summed E-state index contributed by atoms with van der Waals surface area (Å²) in [6.07, 6.45) is -2.48. The second-order valence-corrected chi connectivity index (χ2v) is 3.55. The maximum absolute atomic E-state index is 12.3. The lowest BCUT2D eigenvalue weighted by atomic mass is 10.2. The molecule has 2 aromatic rings. The third-order valence-electron chi connectivity index (χ3n) is 1.99. The quantitative estimate of drug-likeness (QED) is 0.764. The van der Waals surface area contributed by atoms with E-state index in [0.29, 0.717) is 11.6 Å². The highest BCUT2D eigenvalue weighted by molar-refractivity contribution is 6.29. The van der Waals surface area contributed by atoms with Crippen LogP contribution in [0.25, 0.3) is 0 Å². The summed E-state index contributed by atoms with van der Waals surface area (Å²) in [5, 5.41) is 0.187. The Morgan fingerprint density at radius 1 is 1.18 bits per heavy atom. The molecule has 0 aliphatic rings. The Kier molecular flexibility index (Phi) is 3.54. The van der Waals surface area contributed by atoms with Gasteiger partial charge in [0, 0.05) is 17.7 Å². The number of pyridine rings is 1. The molecule has 0 saturated carbocycles. The van der Waals surface area contributed by atoms with Crippen molar-refractivity contribution in [2.75, 3.05) is 0 Å². The van der Waals surface area contributed by atoms with Crippen molar-refractivity contribution >= 4 is 11.6 Å². The monoisotopic (exact) mass is 254 g/mol. The first kappa shape index (κ1) is 11.8. The van der Waals surface area contributed by atoms with Crippen molar-refractivity contribution in [1.29, 1.82) is 0 Å². The minimum atomic E-state index is -2.48. The first-order chi connectivity index (χ1) is 8.15. The highest BCUT2D eigenvalue weighted by Gasteiger charge is 2.06. The van der Waals surface area contributed by atoms with Crippen LogP contribution in [0.15, 0.2) is 36.4 Å². The first-order valence-corrected chi connectivity index (χ1v) is 5.13. The van der Waals surface area contributed by atoms with Gasteiger partial charge in [-0.2, -0.15) is 0 Å². The summed E-state index contributed by atoms with van der Waals surface area (Å²) in [7, 11) is 0. The molecule has 0 saturated heterocycles. The summed E-state index contributed by atoms with van der Waals surface area (Å²) in [6.45, 7) is 0. The number of alkyl halides is 2. The molecule has 0 spiro atoms. The number of halogens is 3. The van der Waals surface area contributed by atoms with Gasteiger partial charge in [-0.15, -0.1) is 0 Å². The van der Waals surface area contributed by atoms with Gasteiger partial charge in [-0.05, 0) is 30.3 Å². The molecule has 1 radical (unpaired) electrons. The van der Waals surface area contributed by atoms with Crippen molar-refractivity contribution in [3.63, 3.8) is 0 Å². The van der Waals surface area contributed by atoms with Gasteiger partial charge in [0.25, 0.3) is 6.43 Å². The van der Waals surface area contributed by atoms with E-state index in [4.69, 9.17) is 16.3 Å². The van der Waals surface area contributed by atoms with Gasteiger partial charge < -0.3 is 4.74 Å². The molecule has 2 rings (SSSR count). The van der Waals surface area contributed by atoms with E-state index in [1.54, 1.807) is 12.1 Å². The molecule has 17 heavy (non-hydrogen) atoms. The van der Waals surface area contributed by atoms with Gasteiger partial charge in [0.05, 0.1) is 0 Å². The second kappa shape index (κ2) is 5.10. The van der Waals surface area contributed by atoms with E-state index >= 15 is 0 Å². The van der Waals surface area contributed by atoms with Gasteiger partial charge in [0.1, 0.15) is 10.9 Å². The Bertz CT molecular complexity index is 502. The van der Waals surface area contributed by atoms with Crippen LogP contribution in [-0.2, 0) is 0 Å². The zero-order chi connectivity index (χ0) is 12.3. The van der Waals surface area contributed by atoms with Crippen molar-refractivity contribution in [2.24, 2.45) is 0 Å². The van der Waals surface area contributed by atoms with Crippen molar-refractivity contribution in [3.05, 3.63) is 53.2 Å². The minimum absolute atomic E-state index is 0.0512. The predicted molar refractivity (Wildman–Crippen MR) is 59.6 cm³/mol. The van der Waals surface area contributed by atoms with Gasteiger partial charge in [-0.25, -0.2) is 13.8 Å². The molecule has 0 aliphatic carbocycles. The minimum Gasteiger partial charge on any atom is -0.439 e. The van der Waals surface area contributed by atoms with Crippen LogP contribution in [0.3, 0.4) is 0 Å². The molecule has 0 fully saturated rings. The fourth-order valence-electron chi connectivity index (χ4n) is 1.21. The molecule has 0 unspecified atom stereocenters. The van der Waals surface area contributed by atoms with Gasteiger partial charge in [-0.1, -0.05) is 11.6 Å². The van der Waals surface area contributed by atoms with E-state index in [9.17, 15) is 8.78 Å². The second-order valence-electron chi connectivity index (χ2n) is 3.19. The summed E-state index contributed by atoms with van der Waals surface area (Å²) in [4.78, 5) is 3.87. The number of hydrogen-bond donors (Lipinski definition) is 0. The Morgan fingerprint density at radius 3 is 2.47 bits per heavy atom. The molecule has 2 nitrogen and oxygen atoms in total. The van der Waals surface area contributed by atoms with Crippen molar-refractivity contribution in [1.82, 2.24) is 4.98 Å². The number of nitrogens with zero attached hydrogens (tertiary/aromatic N) is 1. The van der Waals surface area contributed by atoms with Crippen LogP contribution in [-0.4, -0.2) is 4.98 Å². The SMILES string of the molecule is FC(F)c1ccc(Oc2cc[c]c(Cl)n2)cc1. The molecule has 5 heteroatoms. The predicted octanol–water partition coefficient (Wildman–Crippen LogP) is 4.27. The molecular weight excluding hydrogens is 248 g/mol. The number of ether oxygens (including phenoxy) is 1. The van der Waals surface area contributed by atoms with Gasteiger partial charge in [0.15, 0.2) is 0 Å². The molecule has 1 aromatic heterocycles. The standard InChI is InChI=1S/C12H7ClF2NO/c13-10-2-1-3-11(16-10)17-9-6-4-8(5-7-9)12(14)15/h1,3-7,12H. The lowest BCUT2D eigenvalue weighted by molar-refractivity contribution is 0.151. The highest BCUT2D eigenvalue weighted by atomic mass is 35.5. The summed E-state index contributed by atoms with van der Waals surface area (Å²) < 4.78 is 29.9. The van der Waals surface area contributed by atoms with Crippen LogP contribution in [0, 0.1) is 6.07 Å². The zero-order valence-corrected chi connectivity index (χ0v) is 9.29. The summed E-state index contributed by atoms with van der Waals surface area (Å²) in [6, 6.07) is 11.3. The van der Waals surface area contributed by atoms with E-state index in [1.165, 1.54) is 24.3 Å². The molecule has 1 aromatic carbocycles. The Labute approximate surface area is 102 Å². The molecule has 0 aliphatic heterocycles. The number of aromatic nitrogens is 1. The van der Waals surface area contributed by atoms with Gasteiger partial charge >= 0.3 is 0 Å². The average Bonchev–Trinajstić information content (AvgIpc) is 2.29. The van der Waals surface area contributed by atoms with Crippen LogP contribution in [0.5, 0.6) is 11.6 Å². The fourth-order valence-corrected chi connectivity index (χ4v) is 1.35. The lowest BCUT2D eigenvalue weighted by Crippen LogP contribution is -1.89. The molecule has 0 bridgehead atoms. The Hall–Kier alpha value is -1.68. The number of hydrogen-bond acceptors (Lipinski definition) is 2. The Morgan fingerprint density at radius 2 is 1.88 bits per heavy atom. The van der Waals surface area contributed by atoms with Crippen LogP contribution < -0.4 is 4.74 Å². The Balaban J connectivity index is 2.14. The number of benzene rings is 1. The number of rotatable bonds is 3. The van der Waals surface area contributed by atoms with Gasteiger partial charge in [-0.3, -0.25) is 0 Å². The normalized spacial score (nSPS) is 10.6. The third kappa shape index (κ3) is 3.14.